The van der Waals surface area contributed by atoms with Crippen molar-refractivity contribution in [2.75, 3.05) is 36.4 Å². The van der Waals surface area contributed by atoms with E-state index in [-0.39, 0.29) is 0 Å². The first-order valence-electron chi connectivity index (χ1n) is 9.19. The third-order valence-corrected chi connectivity index (χ3v) is 5.28. The molecule has 0 aliphatic carbocycles. The SMILES string of the molecule is CCc1cccc(CC)c1NC(=S)N1CCN(c2ccccc2)CC1. The topological polar surface area (TPSA) is 18.5 Å². The quantitative estimate of drug-likeness (QED) is 0.824. The average molecular weight is 354 g/mol. The van der Waals surface area contributed by atoms with Crippen molar-refractivity contribution in [3.8, 4) is 0 Å². The fraction of sp³-hybridized carbons (Fsp3) is 0.381. The van der Waals surface area contributed by atoms with Crippen LogP contribution in [0.2, 0.25) is 0 Å². The minimum Gasteiger partial charge on any atom is -0.368 e. The van der Waals surface area contributed by atoms with Crippen molar-refractivity contribution in [2.24, 2.45) is 0 Å². The van der Waals surface area contributed by atoms with Crippen LogP contribution in [0, 0.1) is 0 Å². The zero-order valence-corrected chi connectivity index (χ0v) is 16.0. The molecule has 0 unspecified atom stereocenters. The summed E-state index contributed by atoms with van der Waals surface area (Å²) < 4.78 is 0. The van der Waals surface area contributed by atoms with E-state index in [9.17, 15) is 0 Å². The van der Waals surface area contributed by atoms with E-state index in [4.69, 9.17) is 12.2 Å². The lowest BCUT2D eigenvalue weighted by molar-refractivity contribution is 0.391. The van der Waals surface area contributed by atoms with Crippen molar-refractivity contribution in [2.45, 2.75) is 26.7 Å². The van der Waals surface area contributed by atoms with Gasteiger partial charge < -0.3 is 15.1 Å². The van der Waals surface area contributed by atoms with Crippen LogP contribution < -0.4 is 10.2 Å². The maximum Gasteiger partial charge on any atom is 0.173 e. The van der Waals surface area contributed by atoms with Crippen LogP contribution >= 0.6 is 12.2 Å². The normalized spacial score (nSPS) is 14.5. The van der Waals surface area contributed by atoms with Gasteiger partial charge >= 0.3 is 0 Å². The standard InChI is InChI=1S/C21H27N3S/c1-3-17-9-8-10-18(4-2)20(17)22-21(25)24-15-13-23(14-16-24)19-11-6-5-7-12-19/h5-12H,3-4,13-16H2,1-2H3,(H,22,25). The summed E-state index contributed by atoms with van der Waals surface area (Å²) in [6.07, 6.45) is 2.03. The first kappa shape index (κ1) is 17.7. The fourth-order valence-electron chi connectivity index (χ4n) is 3.40. The highest BCUT2D eigenvalue weighted by molar-refractivity contribution is 7.80. The van der Waals surface area contributed by atoms with E-state index < -0.39 is 0 Å². The van der Waals surface area contributed by atoms with Gasteiger partial charge in [0.2, 0.25) is 0 Å². The highest BCUT2D eigenvalue weighted by Gasteiger charge is 2.20. The van der Waals surface area contributed by atoms with Gasteiger partial charge in [-0.2, -0.15) is 0 Å². The molecule has 1 aliphatic rings. The van der Waals surface area contributed by atoms with Crippen molar-refractivity contribution in [3.63, 3.8) is 0 Å². The van der Waals surface area contributed by atoms with Crippen LogP contribution in [-0.2, 0) is 12.8 Å². The number of hydrogen-bond acceptors (Lipinski definition) is 2. The maximum atomic E-state index is 5.72. The zero-order chi connectivity index (χ0) is 17.6. The molecule has 0 spiro atoms. The Labute approximate surface area is 156 Å². The van der Waals surface area contributed by atoms with Crippen LogP contribution in [0.4, 0.5) is 11.4 Å². The Balaban J connectivity index is 1.64. The Bertz CT molecular complexity index is 684. The number of hydrogen-bond donors (Lipinski definition) is 1. The molecule has 1 saturated heterocycles. The summed E-state index contributed by atoms with van der Waals surface area (Å²) in [6, 6.07) is 17.1. The second-order valence-corrected chi connectivity index (χ2v) is 6.78. The third kappa shape index (κ3) is 4.13. The highest BCUT2D eigenvalue weighted by Crippen LogP contribution is 2.23. The Kier molecular flexibility index (Phi) is 5.92. The van der Waals surface area contributed by atoms with Crippen LogP contribution in [0.3, 0.4) is 0 Å². The van der Waals surface area contributed by atoms with Crippen LogP contribution in [0.5, 0.6) is 0 Å². The molecule has 2 aromatic rings. The fourth-order valence-corrected chi connectivity index (χ4v) is 3.68. The number of piperazine rings is 1. The molecule has 25 heavy (non-hydrogen) atoms. The van der Waals surface area contributed by atoms with Gasteiger partial charge in [-0.15, -0.1) is 0 Å². The first-order chi connectivity index (χ1) is 12.2. The number of benzene rings is 2. The van der Waals surface area contributed by atoms with Gasteiger partial charge in [-0.3, -0.25) is 0 Å². The van der Waals surface area contributed by atoms with E-state index in [0.29, 0.717) is 0 Å². The minimum atomic E-state index is 0.850. The lowest BCUT2D eigenvalue weighted by Crippen LogP contribution is -2.50. The summed E-state index contributed by atoms with van der Waals surface area (Å²) in [4.78, 5) is 4.72. The zero-order valence-electron chi connectivity index (χ0n) is 15.2. The van der Waals surface area contributed by atoms with Crippen molar-refractivity contribution < 1.29 is 0 Å². The number of aryl methyl sites for hydroxylation is 2. The van der Waals surface area contributed by atoms with Crippen molar-refractivity contribution >= 4 is 28.7 Å². The van der Waals surface area contributed by atoms with Crippen molar-refractivity contribution in [3.05, 3.63) is 59.7 Å². The Hall–Kier alpha value is -2.07. The summed E-state index contributed by atoms with van der Waals surface area (Å²) >= 11 is 5.72. The van der Waals surface area contributed by atoms with Crippen LogP contribution in [0.25, 0.3) is 0 Å². The number of thiocarbonyl (C=S) groups is 1. The molecule has 132 valence electrons. The van der Waals surface area contributed by atoms with Gasteiger partial charge in [0.15, 0.2) is 5.11 Å². The molecule has 3 nitrogen and oxygen atoms in total. The van der Waals surface area contributed by atoms with Crippen LogP contribution in [0.1, 0.15) is 25.0 Å². The molecule has 0 radical (unpaired) electrons. The van der Waals surface area contributed by atoms with Gasteiger partial charge in [0, 0.05) is 37.6 Å². The number of nitrogens with zero attached hydrogens (tertiary/aromatic N) is 2. The molecule has 0 aromatic heterocycles. The molecule has 0 atom stereocenters. The summed E-state index contributed by atoms with van der Waals surface area (Å²) in [7, 11) is 0. The van der Waals surface area contributed by atoms with E-state index >= 15 is 0 Å². The molecule has 0 saturated carbocycles. The van der Waals surface area contributed by atoms with E-state index in [1.54, 1.807) is 0 Å². The first-order valence-corrected chi connectivity index (χ1v) is 9.60. The lowest BCUT2D eigenvalue weighted by Gasteiger charge is -2.37. The number of rotatable bonds is 4. The monoisotopic (exact) mass is 353 g/mol. The highest BCUT2D eigenvalue weighted by atomic mass is 32.1. The molecular formula is C21H27N3S. The second kappa shape index (κ2) is 8.34. The van der Waals surface area contributed by atoms with Gasteiger partial charge in [-0.1, -0.05) is 50.2 Å². The molecular weight excluding hydrogens is 326 g/mol. The van der Waals surface area contributed by atoms with Gasteiger partial charge in [0.05, 0.1) is 0 Å². The molecule has 3 rings (SSSR count). The summed E-state index contributed by atoms with van der Waals surface area (Å²) in [5, 5.41) is 4.39. The largest absolute Gasteiger partial charge is 0.368 e. The molecule has 1 N–H and O–H groups in total. The Morgan fingerprint density at radius 1 is 0.880 bits per heavy atom. The third-order valence-electron chi connectivity index (χ3n) is 4.92. The predicted octanol–water partition coefficient (Wildman–Crippen LogP) is 4.33. The second-order valence-electron chi connectivity index (χ2n) is 6.40. The molecule has 1 fully saturated rings. The van der Waals surface area contributed by atoms with Gasteiger partial charge in [0.25, 0.3) is 0 Å². The molecule has 0 amide bonds. The summed E-state index contributed by atoms with van der Waals surface area (Å²) in [5.74, 6) is 0. The van der Waals surface area contributed by atoms with Gasteiger partial charge in [-0.25, -0.2) is 0 Å². The number of nitrogens with one attached hydrogen (secondary N) is 1. The molecule has 1 heterocycles. The molecule has 1 aliphatic heterocycles. The van der Waals surface area contributed by atoms with Gasteiger partial charge in [-0.05, 0) is 48.3 Å². The number of anilines is 2. The van der Waals surface area contributed by atoms with Crippen LogP contribution in [-0.4, -0.2) is 36.2 Å². The average Bonchev–Trinajstić information content (AvgIpc) is 2.69. The lowest BCUT2D eigenvalue weighted by atomic mass is 10.0. The molecule has 2 aromatic carbocycles. The number of para-hydroxylation sites is 2. The maximum absolute atomic E-state index is 5.72. The molecule has 4 heteroatoms. The Morgan fingerprint density at radius 2 is 1.48 bits per heavy atom. The Morgan fingerprint density at radius 3 is 2.04 bits per heavy atom. The predicted molar refractivity (Wildman–Crippen MR) is 112 cm³/mol. The van der Waals surface area contributed by atoms with Crippen molar-refractivity contribution in [1.29, 1.82) is 0 Å². The minimum absolute atomic E-state index is 0.850. The van der Waals surface area contributed by atoms with E-state index in [1.807, 2.05) is 0 Å². The van der Waals surface area contributed by atoms with E-state index in [2.05, 4.69) is 77.5 Å². The summed E-state index contributed by atoms with van der Waals surface area (Å²) in [5.41, 5.74) is 5.18. The van der Waals surface area contributed by atoms with E-state index in [0.717, 1.165) is 44.1 Å². The smallest absolute Gasteiger partial charge is 0.173 e. The van der Waals surface area contributed by atoms with E-state index in [1.165, 1.54) is 22.5 Å². The summed E-state index contributed by atoms with van der Waals surface area (Å²) in [6.45, 7) is 8.31. The van der Waals surface area contributed by atoms with Crippen molar-refractivity contribution in [1.82, 2.24) is 4.90 Å². The molecule has 0 bridgehead atoms. The van der Waals surface area contributed by atoms with Crippen LogP contribution in [0.15, 0.2) is 48.5 Å². The van der Waals surface area contributed by atoms with Gasteiger partial charge in [0.1, 0.15) is 0 Å².